The average Bonchev–Trinajstić information content (AvgIpc) is 2.87. The molecule has 3 rings (SSSR count). The van der Waals surface area contributed by atoms with Crippen molar-refractivity contribution >= 4 is 28.7 Å². The number of H-pyrrole nitrogens is 1. The van der Waals surface area contributed by atoms with Crippen LogP contribution in [0.25, 0.3) is 11.0 Å². The van der Waals surface area contributed by atoms with Gasteiger partial charge < -0.3 is 4.98 Å². The van der Waals surface area contributed by atoms with Crippen LogP contribution in [0.4, 0.5) is 10.5 Å². The third-order valence-corrected chi connectivity index (χ3v) is 3.56. The summed E-state index contributed by atoms with van der Waals surface area (Å²) in [7, 11) is 0. The predicted octanol–water partition coefficient (Wildman–Crippen LogP) is 2.13. The number of urea groups is 1. The number of carbonyl (C=O) groups is 2. The Bertz CT molecular complexity index is 690. The lowest BCUT2D eigenvalue weighted by Gasteiger charge is -2.27. The fourth-order valence-electron chi connectivity index (χ4n) is 2.52. The van der Waals surface area contributed by atoms with Crippen LogP contribution in [0, 0.1) is 0 Å². The van der Waals surface area contributed by atoms with Crippen molar-refractivity contribution in [3.05, 3.63) is 24.0 Å². The number of hydrogen-bond donors (Lipinski definition) is 2. The van der Waals surface area contributed by atoms with Crippen molar-refractivity contribution in [3.8, 4) is 0 Å². The molecule has 0 radical (unpaired) electrons. The minimum absolute atomic E-state index is 0.231. The highest BCUT2D eigenvalue weighted by Crippen LogP contribution is 2.31. The minimum Gasteiger partial charge on any atom is -0.343 e. The lowest BCUT2D eigenvalue weighted by molar-refractivity contribution is -0.120. The first kappa shape index (κ1) is 12.7. The molecule has 6 nitrogen and oxygen atoms in total. The van der Waals surface area contributed by atoms with Crippen molar-refractivity contribution in [1.82, 2.24) is 15.3 Å². The smallest absolute Gasteiger partial charge is 0.328 e. The van der Waals surface area contributed by atoms with Gasteiger partial charge in [0.1, 0.15) is 0 Å². The Balaban J connectivity index is 2.09. The molecule has 0 unspecified atom stereocenters. The first-order valence-corrected chi connectivity index (χ1v) is 6.65. The Hall–Kier alpha value is -2.37. The summed E-state index contributed by atoms with van der Waals surface area (Å²) in [5, 5.41) is 2.34. The van der Waals surface area contributed by atoms with Crippen LogP contribution in [0.3, 0.4) is 0 Å². The number of rotatable bonds is 2. The second-order valence-corrected chi connectivity index (χ2v) is 5.21. The van der Waals surface area contributed by atoms with Crippen LogP contribution in [0.15, 0.2) is 18.5 Å². The number of nitrogens with one attached hydrogen (secondary N) is 2. The molecule has 0 bridgehead atoms. The highest BCUT2D eigenvalue weighted by molar-refractivity contribution is 6.09. The monoisotopic (exact) mass is 272 g/mol. The first-order valence-electron chi connectivity index (χ1n) is 6.65. The summed E-state index contributed by atoms with van der Waals surface area (Å²) >= 11 is 0. The van der Waals surface area contributed by atoms with Crippen LogP contribution in [0.5, 0.6) is 0 Å². The van der Waals surface area contributed by atoms with Crippen LogP contribution in [0.2, 0.25) is 0 Å². The maximum atomic E-state index is 11.9. The van der Waals surface area contributed by atoms with Gasteiger partial charge in [-0.1, -0.05) is 19.9 Å². The molecule has 0 aliphatic carbocycles. The van der Waals surface area contributed by atoms with E-state index < -0.39 is 0 Å². The minimum atomic E-state index is -0.380. The van der Waals surface area contributed by atoms with E-state index in [9.17, 15) is 9.59 Å². The maximum Gasteiger partial charge on any atom is 0.328 e. The van der Waals surface area contributed by atoms with Crippen molar-refractivity contribution in [3.63, 3.8) is 0 Å². The molecular weight excluding hydrogens is 256 g/mol. The second-order valence-electron chi connectivity index (χ2n) is 5.21. The largest absolute Gasteiger partial charge is 0.343 e. The highest BCUT2D eigenvalue weighted by Gasteiger charge is 2.26. The molecule has 0 saturated carbocycles. The number of hydrogen-bond acceptors (Lipinski definition) is 3. The normalized spacial score (nSPS) is 16.1. The number of aromatic nitrogens is 2. The van der Waals surface area contributed by atoms with Crippen molar-refractivity contribution < 1.29 is 9.59 Å². The van der Waals surface area contributed by atoms with E-state index in [1.807, 2.05) is 12.1 Å². The van der Waals surface area contributed by atoms with Crippen LogP contribution < -0.4 is 10.2 Å². The summed E-state index contributed by atoms with van der Waals surface area (Å²) in [6.07, 6.45) is 1.94. The molecule has 2 aromatic rings. The third-order valence-electron chi connectivity index (χ3n) is 3.56. The molecule has 1 fully saturated rings. The molecule has 3 amide bonds. The number of anilines is 1. The van der Waals surface area contributed by atoms with Gasteiger partial charge in [0, 0.05) is 13.0 Å². The molecule has 1 aliphatic heterocycles. The molecule has 0 spiro atoms. The molecule has 2 heterocycles. The Morgan fingerprint density at radius 3 is 2.80 bits per heavy atom. The summed E-state index contributed by atoms with van der Waals surface area (Å²) in [6, 6.07) is 3.52. The summed E-state index contributed by atoms with van der Waals surface area (Å²) in [4.78, 5) is 32.2. The van der Waals surface area contributed by atoms with Gasteiger partial charge in [-0.15, -0.1) is 0 Å². The fraction of sp³-hybridized carbons (Fsp3) is 0.357. The van der Waals surface area contributed by atoms with Crippen LogP contribution in [-0.4, -0.2) is 28.5 Å². The van der Waals surface area contributed by atoms with E-state index in [0.29, 0.717) is 18.9 Å². The van der Waals surface area contributed by atoms with Gasteiger partial charge in [-0.3, -0.25) is 15.0 Å². The molecule has 104 valence electrons. The lowest BCUT2D eigenvalue weighted by Crippen LogP contribution is -2.49. The van der Waals surface area contributed by atoms with Crippen LogP contribution in [-0.2, 0) is 4.79 Å². The van der Waals surface area contributed by atoms with E-state index in [-0.39, 0.29) is 11.9 Å². The van der Waals surface area contributed by atoms with Crippen LogP contribution >= 0.6 is 0 Å². The summed E-state index contributed by atoms with van der Waals surface area (Å²) in [6.45, 7) is 4.60. The van der Waals surface area contributed by atoms with Crippen molar-refractivity contribution in [2.75, 3.05) is 11.4 Å². The Morgan fingerprint density at radius 1 is 1.30 bits per heavy atom. The van der Waals surface area contributed by atoms with E-state index in [1.54, 1.807) is 11.2 Å². The van der Waals surface area contributed by atoms with Crippen molar-refractivity contribution in [2.45, 2.75) is 26.2 Å². The van der Waals surface area contributed by atoms with Gasteiger partial charge in [0.25, 0.3) is 0 Å². The molecule has 20 heavy (non-hydrogen) atoms. The van der Waals surface area contributed by atoms with E-state index in [4.69, 9.17) is 0 Å². The molecule has 1 saturated heterocycles. The summed E-state index contributed by atoms with van der Waals surface area (Å²) in [5.41, 5.74) is 3.60. The summed E-state index contributed by atoms with van der Waals surface area (Å²) in [5.74, 6) is 0.123. The second kappa shape index (κ2) is 4.63. The SMILES string of the molecule is CC(C)c1ccc(N2CCC(=O)NC2=O)c2[nH]cnc12. The van der Waals surface area contributed by atoms with Crippen molar-refractivity contribution in [1.29, 1.82) is 0 Å². The zero-order valence-electron chi connectivity index (χ0n) is 11.4. The van der Waals surface area contributed by atoms with Gasteiger partial charge in [-0.2, -0.15) is 0 Å². The number of fused-ring (bicyclic) bond motifs is 1. The van der Waals surface area contributed by atoms with Gasteiger partial charge in [0.2, 0.25) is 5.91 Å². The number of imide groups is 1. The highest BCUT2D eigenvalue weighted by atomic mass is 16.2. The molecule has 6 heteroatoms. The topological polar surface area (TPSA) is 78.1 Å². The van der Waals surface area contributed by atoms with E-state index >= 15 is 0 Å². The van der Waals surface area contributed by atoms with Gasteiger partial charge in [-0.25, -0.2) is 9.78 Å². The number of carbonyl (C=O) groups excluding carboxylic acids is 2. The number of benzene rings is 1. The third kappa shape index (κ3) is 1.93. The number of amides is 3. The quantitative estimate of drug-likeness (QED) is 0.879. The van der Waals surface area contributed by atoms with E-state index in [2.05, 4.69) is 29.1 Å². The Morgan fingerprint density at radius 2 is 2.10 bits per heavy atom. The van der Waals surface area contributed by atoms with Crippen molar-refractivity contribution in [2.24, 2.45) is 0 Å². The van der Waals surface area contributed by atoms with Gasteiger partial charge >= 0.3 is 6.03 Å². The van der Waals surface area contributed by atoms with Crippen LogP contribution in [0.1, 0.15) is 31.7 Å². The number of imidazole rings is 1. The molecule has 1 aliphatic rings. The summed E-state index contributed by atoms with van der Waals surface area (Å²) < 4.78 is 0. The van der Waals surface area contributed by atoms with E-state index in [1.165, 1.54) is 0 Å². The average molecular weight is 272 g/mol. The Kier molecular flexibility index (Phi) is 2.93. The molecule has 0 atom stereocenters. The molecular formula is C14H16N4O2. The molecule has 1 aromatic carbocycles. The zero-order chi connectivity index (χ0) is 14.3. The number of aromatic amines is 1. The van der Waals surface area contributed by atoms with Gasteiger partial charge in [0.05, 0.1) is 23.0 Å². The maximum absolute atomic E-state index is 11.9. The molecule has 1 aromatic heterocycles. The first-order chi connectivity index (χ1) is 9.58. The van der Waals surface area contributed by atoms with Gasteiger partial charge in [-0.05, 0) is 17.5 Å². The zero-order valence-corrected chi connectivity index (χ0v) is 11.4. The predicted molar refractivity (Wildman–Crippen MR) is 75.7 cm³/mol. The standard InChI is InChI=1S/C14H16N4O2/c1-8(2)9-3-4-10(13-12(9)15-7-16-13)18-6-5-11(19)17-14(18)20/h3-4,7-8H,5-6H2,1-2H3,(H,15,16)(H,17,19,20). The fourth-order valence-corrected chi connectivity index (χ4v) is 2.52. The Labute approximate surface area is 116 Å². The molecule has 2 N–H and O–H groups in total. The van der Waals surface area contributed by atoms with Gasteiger partial charge in [0.15, 0.2) is 0 Å². The number of nitrogens with zero attached hydrogens (tertiary/aromatic N) is 2. The van der Waals surface area contributed by atoms with E-state index in [0.717, 1.165) is 22.3 Å². The lowest BCUT2D eigenvalue weighted by atomic mass is 10.0.